The fourth-order valence-electron chi connectivity index (χ4n) is 3.94. The van der Waals surface area contributed by atoms with Crippen molar-refractivity contribution < 1.29 is 14.3 Å². The average molecular weight is 520 g/mol. The van der Waals surface area contributed by atoms with Gasteiger partial charge in [0, 0.05) is 25.6 Å². The summed E-state index contributed by atoms with van der Waals surface area (Å²) in [4.78, 5) is 31.9. The number of carbonyl (C=O) groups is 2. The van der Waals surface area contributed by atoms with Crippen molar-refractivity contribution in [3.8, 4) is 17.6 Å². The quantitative estimate of drug-likeness (QED) is 0.293. The van der Waals surface area contributed by atoms with Gasteiger partial charge in [0.2, 0.25) is 11.8 Å². The number of aromatic nitrogens is 1. The van der Waals surface area contributed by atoms with E-state index in [1.165, 1.54) is 0 Å². The highest BCUT2D eigenvalue weighted by atomic mass is 16.5. The van der Waals surface area contributed by atoms with Gasteiger partial charge in [-0.3, -0.25) is 14.6 Å². The Labute approximate surface area is 227 Å². The predicted molar refractivity (Wildman–Crippen MR) is 149 cm³/mol. The van der Waals surface area contributed by atoms with E-state index in [0.717, 1.165) is 16.8 Å². The lowest BCUT2D eigenvalue weighted by atomic mass is 10.1. The number of benzene rings is 3. The van der Waals surface area contributed by atoms with Crippen LogP contribution in [0.25, 0.3) is 0 Å². The van der Waals surface area contributed by atoms with Crippen molar-refractivity contribution in [2.45, 2.75) is 32.5 Å². The zero-order valence-electron chi connectivity index (χ0n) is 21.4. The Morgan fingerprint density at radius 3 is 2.46 bits per heavy atom. The first-order valence-electron chi connectivity index (χ1n) is 12.6. The Bertz CT molecular complexity index is 1450. The molecule has 0 unspecified atom stereocenters. The summed E-state index contributed by atoms with van der Waals surface area (Å²) in [6, 6.07) is 29.4. The maximum absolute atomic E-state index is 13.6. The van der Waals surface area contributed by atoms with Crippen molar-refractivity contribution in [3.05, 3.63) is 120 Å². The first kappa shape index (κ1) is 27.0. The number of nitrogens with one attached hydrogen (secondary N) is 1. The molecule has 1 aromatic heterocycles. The molecule has 2 amide bonds. The van der Waals surface area contributed by atoms with Crippen molar-refractivity contribution in [2.75, 3.05) is 4.90 Å². The van der Waals surface area contributed by atoms with Gasteiger partial charge in [-0.15, -0.1) is 0 Å². The van der Waals surface area contributed by atoms with Crippen LogP contribution in [0.4, 0.5) is 5.69 Å². The SMILES string of the molecule is N#Cc1ccc(CN(C(=O)CCC(=O)NCc2ccccn2)c2ccccc2Oc2cccc(CN)c2)cc1. The number of amides is 2. The summed E-state index contributed by atoms with van der Waals surface area (Å²) in [5.41, 5.74) is 9.38. The van der Waals surface area contributed by atoms with Gasteiger partial charge in [0.15, 0.2) is 5.75 Å². The van der Waals surface area contributed by atoms with Crippen LogP contribution in [0.2, 0.25) is 0 Å². The number of anilines is 1. The van der Waals surface area contributed by atoms with Gasteiger partial charge in [0.1, 0.15) is 5.75 Å². The number of carbonyl (C=O) groups excluding carboxylic acids is 2. The Morgan fingerprint density at radius 1 is 0.923 bits per heavy atom. The first-order chi connectivity index (χ1) is 19.1. The number of pyridine rings is 1. The standard InChI is InChI=1S/C31H29N5O3/c32-19-23-11-13-24(14-12-23)22-36(31(38)16-15-30(37)35-21-26-7-3-4-17-34-26)28-9-1-2-10-29(28)39-27-8-5-6-25(18-27)20-33/h1-14,17-18H,15-16,20-22,33H2,(H,35,37). The van der Waals surface area contributed by atoms with Crippen LogP contribution >= 0.6 is 0 Å². The highest BCUT2D eigenvalue weighted by Crippen LogP contribution is 2.34. The highest BCUT2D eigenvalue weighted by Gasteiger charge is 2.21. The van der Waals surface area contributed by atoms with E-state index in [1.807, 2.05) is 72.8 Å². The molecule has 0 saturated heterocycles. The summed E-state index contributed by atoms with van der Waals surface area (Å²) < 4.78 is 6.19. The number of hydrogen-bond acceptors (Lipinski definition) is 6. The summed E-state index contributed by atoms with van der Waals surface area (Å²) in [6.45, 7) is 0.912. The van der Waals surface area contributed by atoms with E-state index in [1.54, 1.807) is 29.3 Å². The molecular weight excluding hydrogens is 490 g/mol. The molecule has 8 heteroatoms. The maximum Gasteiger partial charge on any atom is 0.227 e. The molecule has 39 heavy (non-hydrogen) atoms. The molecule has 0 saturated carbocycles. The summed E-state index contributed by atoms with van der Waals surface area (Å²) in [6.07, 6.45) is 1.69. The molecule has 8 nitrogen and oxygen atoms in total. The van der Waals surface area contributed by atoms with Crippen LogP contribution in [-0.4, -0.2) is 16.8 Å². The fraction of sp³-hybridized carbons (Fsp3) is 0.161. The van der Waals surface area contributed by atoms with E-state index in [4.69, 9.17) is 15.7 Å². The average Bonchev–Trinajstić information content (AvgIpc) is 2.99. The van der Waals surface area contributed by atoms with Gasteiger partial charge >= 0.3 is 0 Å². The van der Waals surface area contributed by atoms with Crippen molar-refractivity contribution in [1.82, 2.24) is 10.3 Å². The Balaban J connectivity index is 1.53. The molecule has 0 aliphatic carbocycles. The highest BCUT2D eigenvalue weighted by molar-refractivity contribution is 5.96. The van der Waals surface area contributed by atoms with Gasteiger partial charge in [-0.25, -0.2) is 0 Å². The first-order valence-corrected chi connectivity index (χ1v) is 12.6. The summed E-state index contributed by atoms with van der Waals surface area (Å²) in [5.74, 6) is 0.618. The number of rotatable bonds is 11. The lowest BCUT2D eigenvalue weighted by Crippen LogP contribution is -2.32. The molecule has 0 aliphatic rings. The molecule has 0 atom stereocenters. The van der Waals surface area contributed by atoms with Crippen LogP contribution in [-0.2, 0) is 29.2 Å². The lowest BCUT2D eigenvalue weighted by molar-refractivity contribution is -0.125. The van der Waals surface area contributed by atoms with E-state index < -0.39 is 0 Å². The maximum atomic E-state index is 13.6. The number of nitriles is 1. The normalized spacial score (nSPS) is 10.4. The number of para-hydroxylation sites is 2. The molecule has 4 rings (SSSR count). The van der Waals surface area contributed by atoms with Gasteiger partial charge in [-0.1, -0.05) is 42.5 Å². The summed E-state index contributed by atoms with van der Waals surface area (Å²) in [5, 5.41) is 12.0. The molecule has 4 aromatic rings. The monoisotopic (exact) mass is 519 g/mol. The smallest absolute Gasteiger partial charge is 0.227 e. The van der Waals surface area contributed by atoms with Crippen LogP contribution in [0.5, 0.6) is 11.5 Å². The number of ether oxygens (including phenoxy) is 1. The molecule has 0 radical (unpaired) electrons. The third kappa shape index (κ3) is 7.74. The molecule has 196 valence electrons. The van der Waals surface area contributed by atoms with Gasteiger partial charge < -0.3 is 20.7 Å². The van der Waals surface area contributed by atoms with Crippen molar-refractivity contribution in [2.24, 2.45) is 5.73 Å². The fourth-order valence-corrected chi connectivity index (χ4v) is 3.94. The van der Waals surface area contributed by atoms with Gasteiger partial charge in [-0.2, -0.15) is 5.26 Å². The largest absolute Gasteiger partial charge is 0.455 e. The molecule has 3 aromatic carbocycles. The third-order valence-electron chi connectivity index (χ3n) is 6.00. The Morgan fingerprint density at radius 2 is 1.72 bits per heavy atom. The van der Waals surface area contributed by atoms with Gasteiger partial charge in [0.05, 0.1) is 36.1 Å². The van der Waals surface area contributed by atoms with Crippen LogP contribution in [0.3, 0.4) is 0 Å². The minimum atomic E-state index is -0.240. The minimum absolute atomic E-state index is 0.00131. The van der Waals surface area contributed by atoms with Crippen LogP contribution < -0.4 is 20.7 Å². The second-order valence-corrected chi connectivity index (χ2v) is 8.81. The zero-order chi connectivity index (χ0) is 27.5. The number of nitrogens with two attached hydrogens (primary N) is 1. The van der Waals surface area contributed by atoms with E-state index in [9.17, 15) is 9.59 Å². The molecule has 0 bridgehead atoms. The molecule has 3 N–H and O–H groups in total. The summed E-state index contributed by atoms with van der Waals surface area (Å²) in [7, 11) is 0. The second kappa shape index (κ2) is 13.5. The summed E-state index contributed by atoms with van der Waals surface area (Å²) >= 11 is 0. The van der Waals surface area contributed by atoms with E-state index in [-0.39, 0.29) is 31.2 Å². The zero-order valence-corrected chi connectivity index (χ0v) is 21.4. The number of hydrogen-bond donors (Lipinski definition) is 2. The molecule has 0 spiro atoms. The molecule has 0 aliphatic heterocycles. The molecular formula is C31H29N5O3. The van der Waals surface area contributed by atoms with Crippen LogP contribution in [0.1, 0.15) is 35.2 Å². The predicted octanol–water partition coefficient (Wildman–Crippen LogP) is 4.83. The lowest BCUT2D eigenvalue weighted by Gasteiger charge is -2.25. The Hall–Kier alpha value is -5.00. The van der Waals surface area contributed by atoms with Crippen LogP contribution in [0, 0.1) is 11.3 Å². The van der Waals surface area contributed by atoms with E-state index in [0.29, 0.717) is 35.8 Å². The minimum Gasteiger partial charge on any atom is -0.455 e. The molecule has 0 fully saturated rings. The van der Waals surface area contributed by atoms with Gasteiger partial charge in [-0.05, 0) is 59.7 Å². The van der Waals surface area contributed by atoms with Crippen molar-refractivity contribution in [3.63, 3.8) is 0 Å². The van der Waals surface area contributed by atoms with Crippen molar-refractivity contribution >= 4 is 17.5 Å². The Kier molecular flexibility index (Phi) is 9.37. The third-order valence-corrected chi connectivity index (χ3v) is 6.00. The molecule has 1 heterocycles. The van der Waals surface area contributed by atoms with Gasteiger partial charge in [0.25, 0.3) is 0 Å². The van der Waals surface area contributed by atoms with Crippen LogP contribution in [0.15, 0.2) is 97.2 Å². The van der Waals surface area contributed by atoms with E-state index >= 15 is 0 Å². The second-order valence-electron chi connectivity index (χ2n) is 8.81. The number of nitrogens with zero attached hydrogens (tertiary/aromatic N) is 3. The topological polar surface area (TPSA) is 121 Å². The van der Waals surface area contributed by atoms with Crippen molar-refractivity contribution in [1.29, 1.82) is 5.26 Å². The van der Waals surface area contributed by atoms with E-state index in [2.05, 4.69) is 16.4 Å².